The second-order valence-corrected chi connectivity index (χ2v) is 13.5. The summed E-state index contributed by atoms with van der Waals surface area (Å²) in [6, 6.07) is 58.1. The van der Waals surface area contributed by atoms with Gasteiger partial charge in [-0.05, 0) is 62.3 Å². The van der Waals surface area contributed by atoms with E-state index in [1.807, 2.05) is 11.3 Å². The van der Waals surface area contributed by atoms with Gasteiger partial charge < -0.3 is 0 Å². The van der Waals surface area contributed by atoms with Gasteiger partial charge >= 0.3 is 0 Å². The maximum Gasteiger partial charge on any atom is 0.164 e. The van der Waals surface area contributed by atoms with Crippen LogP contribution in [0.5, 0.6) is 0 Å². The van der Waals surface area contributed by atoms with Crippen molar-refractivity contribution in [2.45, 2.75) is 0 Å². The lowest BCUT2D eigenvalue weighted by atomic mass is 9.93. The van der Waals surface area contributed by atoms with Crippen LogP contribution in [0.25, 0.3) is 97.8 Å². The zero-order valence-electron chi connectivity index (χ0n) is 26.3. The van der Waals surface area contributed by atoms with Gasteiger partial charge in [-0.2, -0.15) is 0 Å². The van der Waals surface area contributed by atoms with Crippen LogP contribution in [-0.4, -0.2) is 15.0 Å². The summed E-state index contributed by atoms with van der Waals surface area (Å²) < 4.78 is 2.59. The van der Waals surface area contributed by atoms with Crippen LogP contribution in [0.4, 0.5) is 0 Å². The van der Waals surface area contributed by atoms with Crippen LogP contribution >= 0.6 is 11.3 Å². The molecule has 0 radical (unpaired) electrons. The van der Waals surface area contributed by atoms with E-state index in [-0.39, 0.29) is 0 Å². The Balaban J connectivity index is 1.21. The van der Waals surface area contributed by atoms with Gasteiger partial charge in [0.25, 0.3) is 0 Å². The molecule has 0 spiro atoms. The van der Waals surface area contributed by atoms with Gasteiger partial charge in [-0.25, -0.2) is 15.0 Å². The van der Waals surface area contributed by atoms with Gasteiger partial charge in [-0.3, -0.25) is 0 Å². The largest absolute Gasteiger partial charge is 0.208 e. The van der Waals surface area contributed by atoms with Crippen molar-refractivity contribution in [2.75, 3.05) is 0 Å². The highest BCUT2D eigenvalue weighted by Crippen LogP contribution is 2.40. The number of hydrogen-bond acceptors (Lipinski definition) is 4. The van der Waals surface area contributed by atoms with Crippen LogP contribution in [0.2, 0.25) is 0 Å². The molecule has 0 aliphatic heterocycles. The van der Waals surface area contributed by atoms with Crippen LogP contribution in [0.1, 0.15) is 0 Å². The van der Waals surface area contributed by atoms with Crippen molar-refractivity contribution in [2.24, 2.45) is 0 Å². The number of aromatic nitrogens is 3. The van der Waals surface area contributed by atoms with Gasteiger partial charge in [0.2, 0.25) is 0 Å². The van der Waals surface area contributed by atoms with Crippen LogP contribution in [0.15, 0.2) is 164 Å². The Bertz CT molecular complexity index is 2800. The monoisotopic (exact) mass is 641 g/mol. The molecule has 0 fully saturated rings. The first kappa shape index (κ1) is 27.8. The van der Waals surface area contributed by atoms with Crippen molar-refractivity contribution in [3.05, 3.63) is 164 Å². The molecule has 0 aliphatic carbocycles. The number of benzene rings is 8. The first-order valence-corrected chi connectivity index (χ1v) is 17.3. The molecule has 4 heteroatoms. The maximum atomic E-state index is 5.21. The lowest BCUT2D eigenvalue weighted by Crippen LogP contribution is -2.01. The summed E-state index contributed by atoms with van der Waals surface area (Å²) in [6.45, 7) is 0. The second-order valence-electron chi connectivity index (χ2n) is 12.4. The van der Waals surface area contributed by atoms with Crippen molar-refractivity contribution in [3.8, 4) is 45.3 Å². The predicted molar refractivity (Wildman–Crippen MR) is 207 cm³/mol. The van der Waals surface area contributed by atoms with Gasteiger partial charge in [0, 0.05) is 42.2 Å². The fraction of sp³-hybridized carbons (Fsp3) is 0. The molecule has 2 heterocycles. The summed E-state index contributed by atoms with van der Waals surface area (Å²) in [4.78, 5) is 15.5. The third-order valence-electron chi connectivity index (χ3n) is 9.49. The van der Waals surface area contributed by atoms with Crippen molar-refractivity contribution in [1.82, 2.24) is 15.0 Å². The number of rotatable bonds is 4. The fourth-order valence-corrected chi connectivity index (χ4v) is 8.22. The Hall–Kier alpha value is -6.23. The zero-order valence-corrected chi connectivity index (χ0v) is 27.2. The summed E-state index contributed by atoms with van der Waals surface area (Å²) >= 11 is 1.84. The molecule has 0 atom stereocenters. The van der Waals surface area contributed by atoms with Gasteiger partial charge in [0.05, 0.1) is 0 Å². The van der Waals surface area contributed by atoms with E-state index in [0.717, 1.165) is 43.8 Å². The molecule has 0 amide bonds. The zero-order chi connectivity index (χ0) is 32.3. The van der Waals surface area contributed by atoms with Crippen molar-refractivity contribution in [1.29, 1.82) is 0 Å². The lowest BCUT2D eigenvalue weighted by molar-refractivity contribution is 1.08. The average Bonchev–Trinajstić information content (AvgIpc) is 3.55. The van der Waals surface area contributed by atoms with Crippen LogP contribution in [0, 0.1) is 0 Å². The number of thiophene rings is 1. The molecule has 49 heavy (non-hydrogen) atoms. The summed E-state index contributed by atoms with van der Waals surface area (Å²) in [7, 11) is 0. The molecule has 0 N–H and O–H groups in total. The molecule has 0 bridgehead atoms. The Labute approximate surface area is 286 Å². The molecule has 10 aromatic rings. The Morgan fingerprint density at radius 2 is 0.857 bits per heavy atom. The Morgan fingerprint density at radius 3 is 1.55 bits per heavy atom. The minimum absolute atomic E-state index is 0.653. The summed E-state index contributed by atoms with van der Waals surface area (Å²) in [5, 5.41) is 9.55. The number of hydrogen-bond donors (Lipinski definition) is 0. The van der Waals surface area contributed by atoms with Gasteiger partial charge in [0.15, 0.2) is 17.5 Å². The van der Waals surface area contributed by atoms with E-state index in [2.05, 4.69) is 164 Å². The van der Waals surface area contributed by atoms with Crippen molar-refractivity contribution < 1.29 is 0 Å². The summed E-state index contributed by atoms with van der Waals surface area (Å²) in [5.41, 5.74) is 5.24. The quantitative estimate of drug-likeness (QED) is 0.192. The summed E-state index contributed by atoms with van der Waals surface area (Å²) in [6.07, 6.45) is 0. The Kier molecular flexibility index (Phi) is 6.36. The van der Waals surface area contributed by atoms with Gasteiger partial charge in [0.1, 0.15) is 0 Å². The van der Waals surface area contributed by atoms with E-state index < -0.39 is 0 Å². The SMILES string of the molecule is c1ccc2cc(-c3nc(-c4ccc5ccccc5c4)nc(-c4cccc5cccc(-c6ccc7c(c6)sc6ccccc67)c45)n3)ccc2c1. The molecule has 0 unspecified atom stereocenters. The normalized spacial score (nSPS) is 11.7. The highest BCUT2D eigenvalue weighted by molar-refractivity contribution is 7.25. The highest BCUT2D eigenvalue weighted by Gasteiger charge is 2.18. The van der Waals surface area contributed by atoms with E-state index in [9.17, 15) is 0 Å². The molecule has 0 saturated carbocycles. The van der Waals surface area contributed by atoms with E-state index in [0.29, 0.717) is 17.5 Å². The molecule has 0 aliphatic rings. The lowest BCUT2D eigenvalue weighted by Gasteiger charge is -2.14. The molecular weight excluding hydrogens is 615 g/mol. The molecule has 228 valence electrons. The molecule has 0 saturated heterocycles. The number of nitrogens with zero attached hydrogens (tertiary/aromatic N) is 3. The van der Waals surface area contributed by atoms with Crippen LogP contribution < -0.4 is 0 Å². The molecule has 10 rings (SSSR count). The maximum absolute atomic E-state index is 5.21. The first-order valence-electron chi connectivity index (χ1n) is 16.4. The standard InChI is InChI=1S/C45H27N3S/c1-3-11-31-25-34(21-19-28(31)9-1)43-46-44(35-22-20-29-10-2-4-12-32(29)26-35)48-45(47-43)39-17-8-14-30-13-7-16-36(42(30)39)33-23-24-38-37-15-5-6-18-40(37)49-41(38)27-33/h1-27H. The smallest absolute Gasteiger partial charge is 0.164 e. The van der Waals surface area contributed by atoms with E-state index in [1.54, 1.807) is 0 Å². The van der Waals surface area contributed by atoms with E-state index in [4.69, 9.17) is 15.0 Å². The van der Waals surface area contributed by atoms with Gasteiger partial charge in [-0.15, -0.1) is 11.3 Å². The summed E-state index contributed by atoms with van der Waals surface area (Å²) in [5.74, 6) is 1.96. The highest BCUT2D eigenvalue weighted by atomic mass is 32.1. The topological polar surface area (TPSA) is 38.7 Å². The average molecular weight is 642 g/mol. The second kappa shape index (κ2) is 11.2. The van der Waals surface area contributed by atoms with Crippen LogP contribution in [-0.2, 0) is 0 Å². The van der Waals surface area contributed by atoms with E-state index in [1.165, 1.54) is 36.5 Å². The minimum atomic E-state index is 0.653. The molecular formula is C45H27N3S. The predicted octanol–water partition coefficient (Wildman–Crippen LogP) is 12.4. The third-order valence-corrected chi connectivity index (χ3v) is 10.6. The number of fused-ring (bicyclic) bond motifs is 6. The van der Waals surface area contributed by atoms with E-state index >= 15 is 0 Å². The molecule has 3 nitrogen and oxygen atoms in total. The minimum Gasteiger partial charge on any atom is -0.208 e. The van der Waals surface area contributed by atoms with Crippen LogP contribution in [0.3, 0.4) is 0 Å². The molecule has 8 aromatic carbocycles. The van der Waals surface area contributed by atoms with Gasteiger partial charge in [-0.1, -0.05) is 140 Å². The first-order chi connectivity index (χ1) is 24.2. The fourth-order valence-electron chi connectivity index (χ4n) is 7.07. The molecule has 2 aromatic heterocycles. The Morgan fingerprint density at radius 1 is 0.327 bits per heavy atom. The third kappa shape index (κ3) is 4.76. The van der Waals surface area contributed by atoms with Crippen molar-refractivity contribution >= 4 is 63.8 Å². The van der Waals surface area contributed by atoms with Crippen molar-refractivity contribution in [3.63, 3.8) is 0 Å².